The molecule has 0 atom stereocenters. The molecule has 0 spiro atoms. The van der Waals surface area contributed by atoms with Gasteiger partial charge in [-0.3, -0.25) is 18.7 Å². The van der Waals surface area contributed by atoms with Gasteiger partial charge < -0.3 is 4.74 Å². The van der Waals surface area contributed by atoms with Crippen LogP contribution in [0.3, 0.4) is 0 Å². The number of fused-ring (bicyclic) bond motifs is 1. The zero-order chi connectivity index (χ0) is 18.6. The number of rotatable bonds is 8. The molecule has 0 aliphatic rings. The first-order valence-corrected chi connectivity index (χ1v) is 8.51. The standard InChI is InChI=1S/C17H24BN3O4/c1-11(2)5-6-12-13(18)9-19-15-14(12)16(23)21(17(24)20(15)3)7-4-8-25-10-22/h9-11H,4-8,18H2,1-3H3. The van der Waals surface area contributed by atoms with Crippen LogP contribution in [0.4, 0.5) is 0 Å². The average molecular weight is 345 g/mol. The third-order valence-electron chi connectivity index (χ3n) is 4.36. The van der Waals surface area contributed by atoms with E-state index in [0.29, 0.717) is 29.8 Å². The molecule has 2 aromatic heterocycles. The minimum Gasteiger partial charge on any atom is -0.468 e. The number of hydrogen-bond donors (Lipinski definition) is 0. The van der Waals surface area contributed by atoms with E-state index in [0.717, 1.165) is 23.9 Å². The largest absolute Gasteiger partial charge is 0.468 e. The number of aryl methyl sites for hydroxylation is 2. The Balaban J connectivity index is 2.60. The normalized spacial score (nSPS) is 11.2. The smallest absolute Gasteiger partial charge is 0.332 e. The molecule has 25 heavy (non-hydrogen) atoms. The van der Waals surface area contributed by atoms with Crippen molar-refractivity contribution in [1.29, 1.82) is 0 Å². The Morgan fingerprint density at radius 2 is 2.08 bits per heavy atom. The van der Waals surface area contributed by atoms with E-state index in [-0.39, 0.29) is 18.7 Å². The zero-order valence-corrected chi connectivity index (χ0v) is 15.2. The molecule has 0 N–H and O–H groups in total. The van der Waals surface area contributed by atoms with E-state index >= 15 is 0 Å². The Morgan fingerprint density at radius 1 is 1.36 bits per heavy atom. The van der Waals surface area contributed by atoms with Crippen molar-refractivity contribution in [3.8, 4) is 0 Å². The van der Waals surface area contributed by atoms with Gasteiger partial charge in [0.1, 0.15) is 13.5 Å². The molecular weight excluding hydrogens is 321 g/mol. The van der Waals surface area contributed by atoms with Gasteiger partial charge in [-0.2, -0.15) is 0 Å². The molecule has 0 aliphatic heterocycles. The fourth-order valence-corrected chi connectivity index (χ4v) is 2.91. The summed E-state index contributed by atoms with van der Waals surface area (Å²) in [4.78, 5) is 40.0. The Morgan fingerprint density at radius 3 is 2.72 bits per heavy atom. The van der Waals surface area contributed by atoms with Crippen LogP contribution < -0.4 is 16.7 Å². The van der Waals surface area contributed by atoms with E-state index in [2.05, 4.69) is 23.6 Å². The first-order valence-electron chi connectivity index (χ1n) is 8.51. The third-order valence-corrected chi connectivity index (χ3v) is 4.36. The van der Waals surface area contributed by atoms with E-state index in [1.54, 1.807) is 13.2 Å². The molecule has 0 amide bonds. The number of hydrogen-bond acceptors (Lipinski definition) is 5. The summed E-state index contributed by atoms with van der Waals surface area (Å²) < 4.78 is 7.26. The highest BCUT2D eigenvalue weighted by molar-refractivity contribution is 6.34. The second-order valence-corrected chi connectivity index (χ2v) is 6.67. The van der Waals surface area contributed by atoms with E-state index in [4.69, 9.17) is 0 Å². The Hall–Kier alpha value is -2.38. The van der Waals surface area contributed by atoms with Gasteiger partial charge in [-0.25, -0.2) is 9.78 Å². The summed E-state index contributed by atoms with van der Waals surface area (Å²) in [6.07, 6.45) is 3.85. The maximum absolute atomic E-state index is 13.0. The molecule has 0 unspecified atom stereocenters. The van der Waals surface area contributed by atoms with Gasteiger partial charge in [0.05, 0.1) is 12.0 Å². The van der Waals surface area contributed by atoms with E-state index in [1.165, 1.54) is 9.13 Å². The van der Waals surface area contributed by atoms with E-state index in [1.807, 2.05) is 7.85 Å². The highest BCUT2D eigenvalue weighted by Crippen LogP contribution is 2.13. The molecule has 0 aliphatic carbocycles. The number of carbonyl (C=O) groups excluding carboxylic acids is 1. The lowest BCUT2D eigenvalue weighted by atomic mass is 9.87. The van der Waals surface area contributed by atoms with Crippen molar-refractivity contribution in [1.82, 2.24) is 14.1 Å². The maximum Gasteiger partial charge on any atom is 0.332 e. The average Bonchev–Trinajstić information content (AvgIpc) is 2.57. The predicted octanol–water partition coefficient (Wildman–Crippen LogP) is -0.495. The van der Waals surface area contributed by atoms with Gasteiger partial charge in [0.15, 0.2) is 0 Å². The molecule has 0 saturated heterocycles. The van der Waals surface area contributed by atoms with Crippen molar-refractivity contribution in [2.24, 2.45) is 13.0 Å². The first-order chi connectivity index (χ1) is 11.9. The van der Waals surface area contributed by atoms with Crippen LogP contribution in [0.2, 0.25) is 0 Å². The lowest BCUT2D eigenvalue weighted by Gasteiger charge is -2.15. The van der Waals surface area contributed by atoms with Crippen molar-refractivity contribution in [2.75, 3.05) is 6.61 Å². The fraction of sp³-hybridized carbons (Fsp3) is 0.529. The number of pyridine rings is 1. The van der Waals surface area contributed by atoms with Crippen LogP contribution in [0.15, 0.2) is 15.8 Å². The molecule has 2 heterocycles. The van der Waals surface area contributed by atoms with Crippen molar-refractivity contribution in [2.45, 2.75) is 39.7 Å². The minimum atomic E-state index is -0.408. The van der Waals surface area contributed by atoms with Gasteiger partial charge in [0.25, 0.3) is 12.0 Å². The zero-order valence-electron chi connectivity index (χ0n) is 15.2. The summed E-state index contributed by atoms with van der Waals surface area (Å²) in [5.74, 6) is 0.512. The fourth-order valence-electron chi connectivity index (χ4n) is 2.91. The topological polar surface area (TPSA) is 83.2 Å². The van der Waals surface area contributed by atoms with Gasteiger partial charge in [-0.15, -0.1) is 0 Å². The highest BCUT2D eigenvalue weighted by atomic mass is 16.5. The van der Waals surface area contributed by atoms with Gasteiger partial charge >= 0.3 is 5.69 Å². The van der Waals surface area contributed by atoms with Crippen LogP contribution >= 0.6 is 0 Å². The molecule has 0 aromatic carbocycles. The van der Waals surface area contributed by atoms with Crippen molar-refractivity contribution in [3.63, 3.8) is 0 Å². The first kappa shape index (κ1) is 19.0. The summed E-state index contributed by atoms with van der Waals surface area (Å²) in [6, 6.07) is 0. The molecule has 0 radical (unpaired) electrons. The second kappa shape index (κ2) is 8.14. The molecule has 7 nitrogen and oxygen atoms in total. The molecule has 134 valence electrons. The Labute approximate surface area is 147 Å². The number of carbonyl (C=O) groups is 1. The van der Waals surface area contributed by atoms with Crippen LogP contribution in [0.1, 0.15) is 32.3 Å². The van der Waals surface area contributed by atoms with Crippen molar-refractivity contribution < 1.29 is 9.53 Å². The van der Waals surface area contributed by atoms with Crippen LogP contribution in [0.5, 0.6) is 0 Å². The summed E-state index contributed by atoms with van der Waals surface area (Å²) in [6.45, 7) is 5.01. The van der Waals surface area contributed by atoms with Crippen LogP contribution in [0.25, 0.3) is 11.0 Å². The monoisotopic (exact) mass is 345 g/mol. The van der Waals surface area contributed by atoms with Gasteiger partial charge in [0.2, 0.25) is 0 Å². The van der Waals surface area contributed by atoms with E-state index < -0.39 is 5.69 Å². The predicted molar refractivity (Wildman–Crippen MR) is 99.2 cm³/mol. The van der Waals surface area contributed by atoms with Crippen LogP contribution in [0, 0.1) is 5.92 Å². The quantitative estimate of drug-likeness (QED) is 0.366. The SMILES string of the molecule is Bc1cnc2c(c1CCC(C)C)c(=O)n(CCCOC=O)c(=O)n2C. The molecular formula is C17H24BN3O4. The number of nitrogens with zero attached hydrogens (tertiary/aromatic N) is 3. The highest BCUT2D eigenvalue weighted by Gasteiger charge is 2.17. The summed E-state index contributed by atoms with van der Waals surface area (Å²) in [5, 5.41) is 0.513. The molecule has 2 aromatic rings. The Bertz CT molecular complexity index is 886. The van der Waals surface area contributed by atoms with Crippen molar-refractivity contribution in [3.05, 3.63) is 32.6 Å². The summed E-state index contributed by atoms with van der Waals surface area (Å²) in [7, 11) is 3.56. The van der Waals surface area contributed by atoms with Gasteiger partial charge in [-0.1, -0.05) is 19.3 Å². The third kappa shape index (κ3) is 4.00. The second-order valence-electron chi connectivity index (χ2n) is 6.67. The molecule has 0 saturated carbocycles. The van der Waals surface area contributed by atoms with Gasteiger partial charge in [-0.05, 0) is 30.7 Å². The lowest BCUT2D eigenvalue weighted by molar-refractivity contribution is -0.128. The molecule has 2 rings (SSSR count). The van der Waals surface area contributed by atoms with E-state index in [9.17, 15) is 14.4 Å². The van der Waals surface area contributed by atoms with Crippen LogP contribution in [-0.4, -0.2) is 35.0 Å². The number of ether oxygens (including phenoxy) is 1. The van der Waals surface area contributed by atoms with Crippen LogP contribution in [-0.2, 0) is 29.5 Å². The van der Waals surface area contributed by atoms with Gasteiger partial charge in [0, 0.05) is 19.8 Å². The lowest BCUT2D eigenvalue weighted by Crippen LogP contribution is -2.40. The maximum atomic E-state index is 13.0. The van der Waals surface area contributed by atoms with Crippen molar-refractivity contribution >= 4 is 30.8 Å². The summed E-state index contributed by atoms with van der Waals surface area (Å²) >= 11 is 0. The Kier molecular flexibility index (Phi) is 6.17. The summed E-state index contributed by atoms with van der Waals surface area (Å²) in [5.41, 5.74) is 1.60. The number of aromatic nitrogens is 3. The molecule has 0 fully saturated rings. The molecule has 8 heteroatoms. The molecule has 0 bridgehead atoms. The minimum absolute atomic E-state index is 0.170.